The minimum absolute atomic E-state index is 0.0359. The highest BCUT2D eigenvalue weighted by atomic mass is 35.5. The molecule has 0 aliphatic rings. The highest BCUT2D eigenvalue weighted by molar-refractivity contribution is 7.89. The molecular weight excluding hydrogens is 428 g/mol. The second-order valence-electron chi connectivity index (χ2n) is 6.36. The molecule has 1 heterocycles. The molecule has 1 aromatic heterocycles. The lowest BCUT2D eigenvalue weighted by atomic mass is 10.1. The largest absolute Gasteiger partial charge is 0.486 e. The fourth-order valence-electron chi connectivity index (χ4n) is 2.59. The van der Waals surface area contributed by atoms with Crippen molar-refractivity contribution in [1.29, 1.82) is 0 Å². The number of rotatable bonds is 10. The minimum atomic E-state index is -3.91. The van der Waals surface area contributed by atoms with Crippen LogP contribution in [0, 0.1) is 0 Å². The van der Waals surface area contributed by atoms with Crippen LogP contribution in [0.15, 0.2) is 76.0 Å². The number of hydrazine groups is 1. The van der Waals surface area contributed by atoms with Crippen LogP contribution < -0.4 is 15.0 Å². The number of alkyl halides is 1. The number of hydrogen-bond donors (Lipinski definition) is 2. The summed E-state index contributed by atoms with van der Waals surface area (Å²) in [6.07, 6.45) is 1.58. The molecule has 0 fully saturated rings. The van der Waals surface area contributed by atoms with Crippen LogP contribution in [-0.2, 0) is 23.1 Å². The Hall–Kier alpha value is -2.81. The molecular formula is C21H21ClN2O5S. The number of carbonyl (C=O) groups excluding carboxylic acids is 1. The number of benzene rings is 2. The molecule has 0 saturated carbocycles. The predicted molar refractivity (Wildman–Crippen MR) is 113 cm³/mol. The van der Waals surface area contributed by atoms with Crippen molar-refractivity contribution in [2.45, 2.75) is 24.3 Å². The lowest BCUT2D eigenvalue weighted by Crippen LogP contribution is -2.41. The number of carbonyl (C=O) groups is 1. The number of furan rings is 1. The van der Waals surface area contributed by atoms with Crippen molar-refractivity contribution < 1.29 is 22.4 Å². The average Bonchev–Trinajstić information content (AvgIpc) is 3.25. The molecule has 0 spiro atoms. The van der Waals surface area contributed by atoms with Gasteiger partial charge in [-0.05, 0) is 54.8 Å². The molecule has 158 valence electrons. The van der Waals surface area contributed by atoms with E-state index in [2.05, 4.69) is 10.3 Å². The van der Waals surface area contributed by atoms with Crippen LogP contribution in [-0.4, -0.2) is 20.2 Å². The molecule has 9 heteroatoms. The summed E-state index contributed by atoms with van der Waals surface area (Å²) < 4.78 is 35.7. The van der Waals surface area contributed by atoms with Crippen molar-refractivity contribution in [3.05, 3.63) is 83.8 Å². The van der Waals surface area contributed by atoms with Gasteiger partial charge in [-0.2, -0.15) is 0 Å². The summed E-state index contributed by atoms with van der Waals surface area (Å²) in [6.45, 7) is 0.138. The second-order valence-corrected chi connectivity index (χ2v) is 8.42. The van der Waals surface area contributed by atoms with Crippen LogP contribution >= 0.6 is 11.6 Å². The monoisotopic (exact) mass is 448 g/mol. The zero-order chi connectivity index (χ0) is 21.4. The molecule has 30 heavy (non-hydrogen) atoms. The first-order valence-corrected chi connectivity index (χ1v) is 11.2. The number of para-hydroxylation sites is 1. The van der Waals surface area contributed by atoms with Gasteiger partial charge in [-0.25, -0.2) is 8.42 Å². The Balaban J connectivity index is 1.53. The first-order valence-electron chi connectivity index (χ1n) is 9.21. The van der Waals surface area contributed by atoms with Crippen LogP contribution in [0.4, 0.5) is 0 Å². The van der Waals surface area contributed by atoms with Gasteiger partial charge in [-0.1, -0.05) is 30.3 Å². The third-order valence-corrected chi connectivity index (χ3v) is 5.67. The van der Waals surface area contributed by atoms with E-state index in [1.165, 1.54) is 18.2 Å². The van der Waals surface area contributed by atoms with Crippen molar-refractivity contribution in [1.82, 2.24) is 10.3 Å². The minimum Gasteiger partial charge on any atom is -0.486 e. The van der Waals surface area contributed by atoms with Crippen LogP contribution in [0.25, 0.3) is 0 Å². The van der Waals surface area contributed by atoms with Gasteiger partial charge in [0, 0.05) is 5.88 Å². The van der Waals surface area contributed by atoms with Crippen LogP contribution in [0.1, 0.15) is 28.3 Å². The Bertz CT molecular complexity index is 1070. The summed E-state index contributed by atoms with van der Waals surface area (Å²) in [5.41, 5.74) is 3.13. The number of aryl methyl sites for hydroxylation is 1. The summed E-state index contributed by atoms with van der Waals surface area (Å²) in [4.78, 5) is 14.3. The van der Waals surface area contributed by atoms with E-state index >= 15 is 0 Å². The first kappa shape index (κ1) is 21.9. The molecule has 0 aliphatic carbocycles. The zero-order valence-electron chi connectivity index (χ0n) is 16.0. The maximum atomic E-state index is 12.4. The number of sulfonamides is 1. The summed E-state index contributed by atoms with van der Waals surface area (Å²) in [5, 5.41) is 0. The molecule has 0 saturated heterocycles. The highest BCUT2D eigenvalue weighted by Crippen LogP contribution is 2.14. The fraction of sp³-hybridized carbons (Fsp3) is 0.190. The second kappa shape index (κ2) is 10.3. The van der Waals surface area contributed by atoms with E-state index in [-0.39, 0.29) is 17.3 Å². The summed E-state index contributed by atoms with van der Waals surface area (Å²) in [7, 11) is -3.91. The Morgan fingerprint density at radius 1 is 1.00 bits per heavy atom. The van der Waals surface area contributed by atoms with Crippen molar-refractivity contribution in [2.75, 3.05) is 5.88 Å². The SMILES string of the molecule is O=C(NNS(=O)(=O)c1ccc(CCCCl)cc1)c1ccc(COc2ccccc2)o1. The van der Waals surface area contributed by atoms with Crippen molar-refractivity contribution in [2.24, 2.45) is 0 Å². The Labute approximate surface area is 180 Å². The zero-order valence-corrected chi connectivity index (χ0v) is 17.6. The summed E-state index contributed by atoms with van der Waals surface area (Å²) >= 11 is 5.66. The average molecular weight is 449 g/mol. The van der Waals surface area contributed by atoms with E-state index in [0.29, 0.717) is 17.4 Å². The highest BCUT2D eigenvalue weighted by Gasteiger charge is 2.17. The van der Waals surface area contributed by atoms with Gasteiger partial charge in [-0.3, -0.25) is 10.2 Å². The molecule has 1 amide bonds. The maximum Gasteiger partial charge on any atom is 0.301 e. The third kappa shape index (κ3) is 6.09. The van der Waals surface area contributed by atoms with E-state index in [1.54, 1.807) is 30.3 Å². The Morgan fingerprint density at radius 3 is 2.43 bits per heavy atom. The van der Waals surface area contributed by atoms with Crippen LogP contribution in [0.2, 0.25) is 0 Å². The number of nitrogens with one attached hydrogen (secondary N) is 2. The number of halogens is 1. The van der Waals surface area contributed by atoms with Gasteiger partial charge in [0.25, 0.3) is 10.0 Å². The van der Waals surface area contributed by atoms with Crippen molar-refractivity contribution in [3.63, 3.8) is 0 Å². The Kier molecular flexibility index (Phi) is 7.51. The first-order chi connectivity index (χ1) is 14.5. The van der Waals surface area contributed by atoms with Gasteiger partial charge >= 0.3 is 5.91 Å². The molecule has 3 rings (SSSR count). The third-order valence-electron chi connectivity index (χ3n) is 4.14. The lowest BCUT2D eigenvalue weighted by molar-refractivity contribution is 0.0913. The molecule has 0 bridgehead atoms. The number of amides is 1. The standard InChI is InChI=1S/C21H21ClN2O5S/c22-14-4-5-16-8-11-19(12-9-16)30(26,27)24-23-21(25)20-13-10-18(29-20)15-28-17-6-2-1-3-7-17/h1-3,6-13,24H,4-5,14-15H2,(H,23,25). The molecule has 0 unspecified atom stereocenters. The van der Waals surface area contributed by atoms with Crippen LogP contribution in [0.3, 0.4) is 0 Å². The summed E-state index contributed by atoms with van der Waals surface area (Å²) in [5.74, 6) is 0.880. The van der Waals surface area contributed by atoms with E-state index in [1.807, 2.05) is 18.2 Å². The van der Waals surface area contributed by atoms with Gasteiger partial charge in [0.05, 0.1) is 4.90 Å². The summed E-state index contributed by atoms with van der Waals surface area (Å²) in [6, 6.07) is 18.6. The molecule has 3 aromatic rings. The van der Waals surface area contributed by atoms with Gasteiger partial charge in [-0.15, -0.1) is 16.4 Å². The molecule has 2 N–H and O–H groups in total. The van der Waals surface area contributed by atoms with Gasteiger partial charge < -0.3 is 9.15 Å². The van der Waals surface area contributed by atoms with Crippen molar-refractivity contribution >= 4 is 27.5 Å². The maximum absolute atomic E-state index is 12.4. The lowest BCUT2D eigenvalue weighted by Gasteiger charge is -2.08. The number of hydrogen-bond acceptors (Lipinski definition) is 5. The van der Waals surface area contributed by atoms with Gasteiger partial charge in [0.15, 0.2) is 5.76 Å². The van der Waals surface area contributed by atoms with E-state index in [0.717, 1.165) is 18.4 Å². The van der Waals surface area contributed by atoms with E-state index in [9.17, 15) is 13.2 Å². The molecule has 2 aromatic carbocycles. The topological polar surface area (TPSA) is 97.6 Å². The Morgan fingerprint density at radius 2 is 1.73 bits per heavy atom. The number of ether oxygens (including phenoxy) is 1. The van der Waals surface area contributed by atoms with Gasteiger partial charge in [0.1, 0.15) is 18.1 Å². The van der Waals surface area contributed by atoms with E-state index in [4.69, 9.17) is 20.8 Å². The molecule has 0 aliphatic heterocycles. The van der Waals surface area contributed by atoms with E-state index < -0.39 is 15.9 Å². The van der Waals surface area contributed by atoms with Crippen molar-refractivity contribution in [3.8, 4) is 5.75 Å². The quantitative estimate of drug-likeness (QED) is 0.364. The molecule has 7 nitrogen and oxygen atoms in total. The fourth-order valence-corrected chi connectivity index (χ4v) is 3.56. The van der Waals surface area contributed by atoms with Gasteiger partial charge in [0.2, 0.25) is 0 Å². The molecule has 0 atom stereocenters. The normalized spacial score (nSPS) is 11.2. The predicted octanol–water partition coefficient (Wildman–Crippen LogP) is 3.65. The molecule has 0 radical (unpaired) electrons. The smallest absolute Gasteiger partial charge is 0.301 e. The van der Waals surface area contributed by atoms with Crippen LogP contribution in [0.5, 0.6) is 5.75 Å².